The van der Waals surface area contributed by atoms with Crippen molar-refractivity contribution >= 4 is 39.8 Å². The van der Waals surface area contributed by atoms with Gasteiger partial charge in [0.05, 0.1) is 35.5 Å². The monoisotopic (exact) mass is 679 g/mol. The Morgan fingerprint density at radius 3 is 2.65 bits per heavy atom. The predicted molar refractivity (Wildman–Crippen MR) is 180 cm³/mol. The van der Waals surface area contributed by atoms with E-state index in [1.54, 1.807) is 12.1 Å². The van der Waals surface area contributed by atoms with Gasteiger partial charge >= 0.3 is 6.01 Å². The molecular weight excluding hydrogens is 640 g/mol. The zero-order valence-electron chi connectivity index (χ0n) is 27.1. The third kappa shape index (κ3) is 6.39. The Balaban J connectivity index is 0.00000129. The number of nitriles is 1. The number of ether oxygens (including phenoxy) is 1. The minimum atomic E-state index is -0.956. The van der Waals surface area contributed by atoms with Crippen molar-refractivity contribution in [3.8, 4) is 12.1 Å². The maximum absolute atomic E-state index is 14.6. The van der Waals surface area contributed by atoms with Crippen LogP contribution in [0.25, 0.3) is 10.8 Å². The molecule has 0 aliphatic carbocycles. The van der Waals surface area contributed by atoms with Gasteiger partial charge in [-0.3, -0.25) is 9.69 Å². The number of hydrogen-bond donors (Lipinski definition) is 1. The Labute approximate surface area is 284 Å². The second-order valence-corrected chi connectivity index (χ2v) is 13.1. The molecule has 0 spiro atoms. The molecular formula is C35H40ClF2N7O3. The van der Waals surface area contributed by atoms with Gasteiger partial charge in [-0.05, 0) is 56.2 Å². The van der Waals surface area contributed by atoms with E-state index in [9.17, 15) is 18.7 Å². The zero-order valence-corrected chi connectivity index (χ0v) is 27.9. The van der Waals surface area contributed by atoms with E-state index in [1.807, 2.05) is 18.2 Å². The molecule has 13 heteroatoms. The van der Waals surface area contributed by atoms with Crippen LogP contribution in [0.5, 0.6) is 6.01 Å². The van der Waals surface area contributed by atoms with Crippen LogP contribution in [0.4, 0.5) is 20.3 Å². The van der Waals surface area contributed by atoms with Crippen molar-refractivity contribution in [2.75, 3.05) is 62.3 Å². The molecule has 0 saturated carbocycles. The number of aliphatic hydroxyl groups is 1. The van der Waals surface area contributed by atoms with Crippen LogP contribution in [-0.2, 0) is 17.8 Å². The second-order valence-electron chi connectivity index (χ2n) is 12.8. The van der Waals surface area contributed by atoms with Crippen LogP contribution in [0.1, 0.15) is 43.9 Å². The quantitative estimate of drug-likeness (QED) is 0.345. The Bertz CT molecular complexity index is 1750. The van der Waals surface area contributed by atoms with Gasteiger partial charge in [0.2, 0.25) is 0 Å². The van der Waals surface area contributed by atoms with E-state index in [4.69, 9.17) is 31.6 Å². The summed E-state index contributed by atoms with van der Waals surface area (Å²) >= 11 is 6.49. The Morgan fingerprint density at radius 1 is 1.15 bits per heavy atom. The summed E-state index contributed by atoms with van der Waals surface area (Å²) in [4.78, 5) is 30.2. The number of halogens is 3. The molecule has 48 heavy (non-hydrogen) atoms. The van der Waals surface area contributed by atoms with Gasteiger partial charge in [-0.15, -0.1) is 0 Å². The third-order valence-corrected chi connectivity index (χ3v) is 10.5. The van der Waals surface area contributed by atoms with E-state index in [2.05, 4.69) is 21.3 Å². The lowest BCUT2D eigenvalue weighted by Gasteiger charge is -2.38. The van der Waals surface area contributed by atoms with Crippen molar-refractivity contribution in [2.24, 2.45) is 0 Å². The molecule has 4 aliphatic heterocycles. The molecule has 0 radical (unpaired) electrons. The van der Waals surface area contributed by atoms with Crippen molar-refractivity contribution in [3.63, 3.8) is 0 Å². The van der Waals surface area contributed by atoms with E-state index in [0.717, 1.165) is 60.4 Å². The topological polar surface area (TPSA) is 109 Å². The van der Waals surface area contributed by atoms with Crippen LogP contribution in [0, 0.1) is 17.1 Å². The van der Waals surface area contributed by atoms with Crippen molar-refractivity contribution in [1.29, 1.82) is 5.26 Å². The van der Waals surface area contributed by atoms with Crippen molar-refractivity contribution in [2.45, 2.75) is 57.2 Å². The van der Waals surface area contributed by atoms with E-state index in [0.29, 0.717) is 57.7 Å². The van der Waals surface area contributed by atoms with Gasteiger partial charge < -0.3 is 24.5 Å². The number of aromatic nitrogens is 2. The molecule has 10 nitrogen and oxygen atoms in total. The van der Waals surface area contributed by atoms with Gasteiger partial charge in [0.25, 0.3) is 5.91 Å². The summed E-state index contributed by atoms with van der Waals surface area (Å²) in [7, 11) is 0. The van der Waals surface area contributed by atoms with Crippen molar-refractivity contribution in [3.05, 3.63) is 64.8 Å². The molecule has 4 aliphatic rings. The third-order valence-electron chi connectivity index (χ3n) is 10.1. The van der Waals surface area contributed by atoms with Crippen LogP contribution in [0.2, 0.25) is 5.02 Å². The molecule has 3 saturated heterocycles. The number of aliphatic hydroxyl groups excluding tert-OH is 1. The van der Waals surface area contributed by atoms with Crippen LogP contribution >= 0.6 is 11.6 Å². The molecule has 5 heterocycles. The van der Waals surface area contributed by atoms with Crippen molar-refractivity contribution in [1.82, 2.24) is 19.8 Å². The minimum absolute atomic E-state index is 0.0998. The highest BCUT2D eigenvalue weighted by atomic mass is 35.5. The number of carbonyl (C=O) groups excluding carboxylic acids is 1. The van der Waals surface area contributed by atoms with Gasteiger partial charge in [-0.2, -0.15) is 15.2 Å². The number of piperazine rings is 1. The first-order chi connectivity index (χ1) is 23.2. The Kier molecular flexibility index (Phi) is 10.0. The first-order valence-corrected chi connectivity index (χ1v) is 16.8. The summed E-state index contributed by atoms with van der Waals surface area (Å²) < 4.78 is 34.6. The number of amides is 1. The molecule has 1 aromatic heterocycles. The van der Waals surface area contributed by atoms with Crippen LogP contribution in [-0.4, -0.2) is 94.8 Å². The molecule has 3 fully saturated rings. The zero-order chi connectivity index (χ0) is 34.0. The lowest BCUT2D eigenvalue weighted by atomic mass is 9.95. The summed E-state index contributed by atoms with van der Waals surface area (Å²) in [6, 6.07) is 11.1. The molecule has 3 aromatic rings. The van der Waals surface area contributed by atoms with Gasteiger partial charge in [0, 0.05) is 62.3 Å². The van der Waals surface area contributed by atoms with Gasteiger partial charge in [-0.25, -0.2) is 8.78 Å². The number of nitrogens with zero attached hydrogens (tertiary/aromatic N) is 7. The fourth-order valence-electron chi connectivity index (χ4n) is 7.77. The SMILES string of the molecule is C=C(F)C(=O)N1CCN(c2nc(OCC34CCCN3C(CO)CC4)nc3c2CCN(c2cccc4ccc(F)c(Cl)c24)C3)CC1.CC#N. The summed E-state index contributed by atoms with van der Waals surface area (Å²) in [6.45, 7) is 8.90. The second kappa shape index (κ2) is 14.2. The van der Waals surface area contributed by atoms with Crippen LogP contribution in [0.3, 0.4) is 0 Å². The maximum atomic E-state index is 14.6. The first-order valence-electron chi connectivity index (χ1n) is 16.4. The molecule has 254 valence electrons. The molecule has 2 aromatic carbocycles. The normalized spacial score (nSPS) is 22.1. The molecule has 0 bridgehead atoms. The van der Waals surface area contributed by atoms with Crippen molar-refractivity contribution < 1.29 is 23.4 Å². The van der Waals surface area contributed by atoms with Gasteiger partial charge in [0.1, 0.15) is 18.2 Å². The number of benzene rings is 2. The summed E-state index contributed by atoms with van der Waals surface area (Å²) in [5.41, 5.74) is 2.53. The maximum Gasteiger partial charge on any atom is 0.318 e. The van der Waals surface area contributed by atoms with E-state index in [-0.39, 0.29) is 29.2 Å². The highest BCUT2D eigenvalue weighted by molar-refractivity contribution is 6.36. The van der Waals surface area contributed by atoms with Crippen LogP contribution in [0.15, 0.2) is 42.7 Å². The summed E-state index contributed by atoms with van der Waals surface area (Å²) in [6.07, 6.45) is 4.60. The molecule has 1 amide bonds. The summed E-state index contributed by atoms with van der Waals surface area (Å²) in [5.74, 6) is -1.33. The van der Waals surface area contributed by atoms with Crippen LogP contribution < -0.4 is 14.5 Å². The Hall–Kier alpha value is -4.05. The number of rotatable bonds is 7. The first kappa shape index (κ1) is 33.8. The standard InChI is InChI=1S/C33H37ClF2N6O3.C2H3N/c1-21(35)31(44)40-16-14-39(15-17-40)30-24-9-13-41(27-5-2-4-22-6-7-25(36)29(34)28(22)27)18-26(24)37-32(38-30)45-20-33-10-3-12-42(33)23(19-43)8-11-33;1-2-3/h2,4-7,23,43H,1,3,8-20H2;1H3. The average Bonchev–Trinajstić information content (AvgIpc) is 3.67. The largest absolute Gasteiger partial charge is 0.461 e. The van der Waals surface area contributed by atoms with E-state index < -0.39 is 17.6 Å². The molecule has 2 atom stereocenters. The number of anilines is 2. The predicted octanol–water partition coefficient (Wildman–Crippen LogP) is 5.01. The molecule has 1 N–H and O–H groups in total. The highest BCUT2D eigenvalue weighted by Gasteiger charge is 2.49. The van der Waals surface area contributed by atoms with E-state index >= 15 is 0 Å². The fraction of sp³-hybridized carbons (Fsp3) is 0.486. The fourth-order valence-corrected chi connectivity index (χ4v) is 8.04. The Morgan fingerprint density at radius 2 is 1.92 bits per heavy atom. The smallest absolute Gasteiger partial charge is 0.318 e. The summed E-state index contributed by atoms with van der Waals surface area (Å²) in [5, 5.41) is 18.9. The van der Waals surface area contributed by atoms with Gasteiger partial charge in [-0.1, -0.05) is 36.4 Å². The lowest BCUT2D eigenvalue weighted by Crippen LogP contribution is -2.50. The minimum Gasteiger partial charge on any atom is -0.461 e. The van der Waals surface area contributed by atoms with E-state index in [1.165, 1.54) is 17.9 Å². The number of fused-ring (bicyclic) bond motifs is 3. The highest BCUT2D eigenvalue weighted by Crippen LogP contribution is 2.43. The van der Waals surface area contributed by atoms with Gasteiger partial charge in [0.15, 0.2) is 5.83 Å². The molecule has 7 rings (SSSR count). The average molecular weight is 680 g/mol. The number of hydrogen-bond acceptors (Lipinski definition) is 9. The lowest BCUT2D eigenvalue weighted by molar-refractivity contribution is -0.128. The number of carbonyl (C=O) groups is 1. The molecule has 2 unspecified atom stereocenters.